The molecule has 30 heavy (non-hydrogen) atoms. The van der Waals surface area contributed by atoms with Crippen molar-refractivity contribution in [1.82, 2.24) is 0 Å². The minimum absolute atomic E-state index is 0.139. The summed E-state index contributed by atoms with van der Waals surface area (Å²) in [5, 5.41) is 0. The molecule has 0 aromatic heterocycles. The molecular weight excluding hydrogens is 384 g/mol. The van der Waals surface area contributed by atoms with E-state index in [1.54, 1.807) is 19.1 Å². The Hall–Kier alpha value is -2.89. The Morgan fingerprint density at radius 3 is 2.27 bits per heavy atom. The zero-order valence-electron chi connectivity index (χ0n) is 18.4. The van der Waals surface area contributed by atoms with Gasteiger partial charge >= 0.3 is 5.97 Å². The fourth-order valence-electron chi connectivity index (χ4n) is 3.56. The molecule has 1 aliphatic carbocycles. The molecule has 1 atom stereocenters. The highest BCUT2D eigenvalue weighted by Crippen LogP contribution is 2.45. The highest BCUT2D eigenvalue weighted by molar-refractivity contribution is 6.24. The number of ketones is 2. The highest BCUT2D eigenvalue weighted by atomic mass is 16.6. The largest absolute Gasteiger partial charge is 0.496 e. The van der Waals surface area contributed by atoms with Crippen LogP contribution in [0.4, 0.5) is 0 Å². The molecule has 0 heterocycles. The van der Waals surface area contributed by atoms with Gasteiger partial charge in [0.15, 0.2) is 11.6 Å². The van der Waals surface area contributed by atoms with Crippen molar-refractivity contribution < 1.29 is 28.6 Å². The molecule has 1 unspecified atom stereocenters. The Morgan fingerprint density at radius 1 is 1.03 bits per heavy atom. The molecule has 0 bridgehead atoms. The van der Waals surface area contributed by atoms with Gasteiger partial charge in [0.2, 0.25) is 0 Å². The van der Waals surface area contributed by atoms with Gasteiger partial charge in [-0.15, -0.1) is 0 Å². The standard InChI is InChI=1S/C24H30O6/c1-6-8-10-11-20(27)30-24(3,14-9-7-2)16-15-19(28-4)21-17(25)12-13-18(26)22(21)23(16)29-5/h10-13,15H,6-9,14H2,1-5H3. The van der Waals surface area contributed by atoms with E-state index in [0.29, 0.717) is 12.0 Å². The predicted molar refractivity (Wildman–Crippen MR) is 114 cm³/mol. The van der Waals surface area contributed by atoms with E-state index in [9.17, 15) is 14.4 Å². The van der Waals surface area contributed by atoms with Gasteiger partial charge < -0.3 is 14.2 Å². The van der Waals surface area contributed by atoms with Crippen LogP contribution in [-0.2, 0) is 15.1 Å². The first kappa shape index (κ1) is 23.4. The van der Waals surface area contributed by atoms with Crippen LogP contribution in [0.15, 0.2) is 30.4 Å². The van der Waals surface area contributed by atoms with Crippen molar-refractivity contribution in [3.8, 4) is 11.5 Å². The van der Waals surface area contributed by atoms with Crippen molar-refractivity contribution in [2.45, 2.75) is 58.5 Å². The first-order chi connectivity index (χ1) is 14.3. The fraction of sp³-hybridized carbons (Fsp3) is 0.458. The van der Waals surface area contributed by atoms with Gasteiger partial charge in [-0.2, -0.15) is 0 Å². The van der Waals surface area contributed by atoms with Gasteiger partial charge in [0.05, 0.1) is 25.3 Å². The Labute approximate surface area is 177 Å². The summed E-state index contributed by atoms with van der Waals surface area (Å²) in [4.78, 5) is 37.7. The van der Waals surface area contributed by atoms with Crippen molar-refractivity contribution in [2.75, 3.05) is 14.2 Å². The van der Waals surface area contributed by atoms with Crippen molar-refractivity contribution in [2.24, 2.45) is 0 Å². The zero-order valence-corrected chi connectivity index (χ0v) is 18.4. The summed E-state index contributed by atoms with van der Waals surface area (Å²) in [5.41, 5.74) is -0.262. The molecule has 0 amide bonds. The normalized spacial score (nSPS) is 15.1. The molecule has 0 saturated carbocycles. The third-order valence-corrected chi connectivity index (χ3v) is 5.16. The molecule has 2 rings (SSSR count). The first-order valence-corrected chi connectivity index (χ1v) is 10.3. The summed E-state index contributed by atoms with van der Waals surface area (Å²) < 4.78 is 16.9. The zero-order chi connectivity index (χ0) is 22.3. The Bertz CT molecular complexity index is 880. The van der Waals surface area contributed by atoms with Crippen LogP contribution in [0.3, 0.4) is 0 Å². The number of esters is 1. The first-order valence-electron chi connectivity index (χ1n) is 10.3. The number of carbonyl (C=O) groups excluding carboxylic acids is 3. The lowest BCUT2D eigenvalue weighted by molar-refractivity contribution is -0.154. The molecule has 0 saturated heterocycles. The van der Waals surface area contributed by atoms with Gasteiger partial charge in [-0.25, -0.2) is 4.79 Å². The van der Waals surface area contributed by atoms with E-state index < -0.39 is 11.6 Å². The van der Waals surface area contributed by atoms with Gasteiger partial charge in [0.1, 0.15) is 17.1 Å². The average Bonchev–Trinajstić information content (AvgIpc) is 2.73. The molecule has 0 N–H and O–H groups in total. The maximum atomic E-state index is 12.7. The number of unbranched alkanes of at least 4 members (excludes halogenated alkanes) is 2. The van der Waals surface area contributed by atoms with Crippen molar-refractivity contribution in [1.29, 1.82) is 0 Å². The van der Waals surface area contributed by atoms with Crippen molar-refractivity contribution in [3.05, 3.63) is 47.1 Å². The second-order valence-electron chi connectivity index (χ2n) is 7.42. The lowest BCUT2D eigenvalue weighted by Gasteiger charge is -2.33. The van der Waals surface area contributed by atoms with E-state index in [-0.39, 0.29) is 34.2 Å². The van der Waals surface area contributed by atoms with Crippen molar-refractivity contribution >= 4 is 17.5 Å². The number of hydrogen-bond donors (Lipinski definition) is 0. The summed E-state index contributed by atoms with van der Waals surface area (Å²) in [7, 11) is 2.87. The van der Waals surface area contributed by atoms with Crippen LogP contribution in [0, 0.1) is 0 Å². The number of rotatable bonds is 10. The van der Waals surface area contributed by atoms with Crippen LogP contribution in [0.2, 0.25) is 0 Å². The van der Waals surface area contributed by atoms with Crippen LogP contribution in [-0.4, -0.2) is 31.8 Å². The van der Waals surface area contributed by atoms with E-state index in [1.807, 2.05) is 13.8 Å². The van der Waals surface area contributed by atoms with Crippen LogP contribution in [0.1, 0.15) is 79.2 Å². The topological polar surface area (TPSA) is 78.9 Å². The lowest BCUT2D eigenvalue weighted by atomic mass is 9.83. The quantitative estimate of drug-likeness (QED) is 0.398. The summed E-state index contributed by atoms with van der Waals surface area (Å²) in [6.45, 7) is 5.86. The summed E-state index contributed by atoms with van der Waals surface area (Å²) in [6, 6.07) is 1.64. The van der Waals surface area contributed by atoms with Crippen LogP contribution in [0.5, 0.6) is 11.5 Å². The van der Waals surface area contributed by atoms with Crippen LogP contribution in [0.25, 0.3) is 0 Å². The van der Waals surface area contributed by atoms with E-state index in [2.05, 4.69) is 0 Å². The Kier molecular flexibility index (Phi) is 7.98. The predicted octanol–water partition coefficient (Wildman–Crippen LogP) is 4.94. The molecule has 0 fully saturated rings. The SMILES string of the molecule is CCCC=CC(=O)OC(C)(CCCC)c1cc(OC)c2c(c1OC)C(=O)C=CC2=O. The average molecular weight is 414 g/mol. The summed E-state index contributed by atoms with van der Waals surface area (Å²) in [6.07, 6.45) is 9.55. The Morgan fingerprint density at radius 2 is 1.70 bits per heavy atom. The third-order valence-electron chi connectivity index (χ3n) is 5.16. The summed E-state index contributed by atoms with van der Waals surface area (Å²) >= 11 is 0. The number of allylic oxidation sites excluding steroid dienone is 3. The van der Waals surface area contributed by atoms with Crippen LogP contribution >= 0.6 is 0 Å². The van der Waals surface area contributed by atoms with Gasteiger partial charge in [-0.3, -0.25) is 9.59 Å². The van der Waals surface area contributed by atoms with Gasteiger partial charge in [-0.1, -0.05) is 32.8 Å². The second kappa shape index (κ2) is 10.2. The number of ether oxygens (including phenoxy) is 3. The number of benzene rings is 1. The van der Waals surface area contributed by atoms with E-state index >= 15 is 0 Å². The van der Waals surface area contributed by atoms with E-state index in [0.717, 1.165) is 25.7 Å². The molecule has 1 aliphatic rings. The lowest BCUT2D eigenvalue weighted by Crippen LogP contribution is -2.30. The molecule has 1 aromatic carbocycles. The van der Waals surface area contributed by atoms with Crippen molar-refractivity contribution in [3.63, 3.8) is 0 Å². The minimum atomic E-state index is -1.07. The number of hydrogen-bond acceptors (Lipinski definition) is 6. The highest BCUT2D eigenvalue weighted by Gasteiger charge is 2.39. The molecule has 6 nitrogen and oxygen atoms in total. The molecular formula is C24H30O6. The van der Waals surface area contributed by atoms with Crippen LogP contribution < -0.4 is 9.47 Å². The number of fused-ring (bicyclic) bond motifs is 1. The smallest absolute Gasteiger partial charge is 0.331 e. The van der Waals surface area contributed by atoms with E-state index in [1.165, 1.54) is 32.4 Å². The van der Waals surface area contributed by atoms with Gasteiger partial charge in [-0.05, 0) is 44.4 Å². The number of carbonyl (C=O) groups is 3. The second-order valence-corrected chi connectivity index (χ2v) is 7.42. The van der Waals surface area contributed by atoms with Gasteiger partial charge in [0.25, 0.3) is 0 Å². The third kappa shape index (κ3) is 4.81. The molecule has 162 valence electrons. The molecule has 6 heteroatoms. The maximum absolute atomic E-state index is 12.7. The van der Waals surface area contributed by atoms with E-state index in [4.69, 9.17) is 14.2 Å². The molecule has 0 aliphatic heterocycles. The Balaban J connectivity index is 2.66. The maximum Gasteiger partial charge on any atom is 0.331 e. The molecule has 0 spiro atoms. The fourth-order valence-corrected chi connectivity index (χ4v) is 3.56. The molecule has 0 radical (unpaired) electrons. The molecule has 1 aromatic rings. The summed E-state index contributed by atoms with van der Waals surface area (Å²) in [5.74, 6) is -0.668. The van der Waals surface area contributed by atoms with Gasteiger partial charge in [0, 0.05) is 11.6 Å². The number of methoxy groups -OCH3 is 2. The minimum Gasteiger partial charge on any atom is -0.496 e. The monoisotopic (exact) mass is 414 g/mol.